The summed E-state index contributed by atoms with van der Waals surface area (Å²) in [6.07, 6.45) is 2.45. The molecule has 0 aromatic carbocycles. The fraction of sp³-hybridized carbons (Fsp3) is 0.690. The van der Waals surface area contributed by atoms with Crippen LogP contribution in [0.25, 0.3) is 0 Å². The predicted molar refractivity (Wildman–Crippen MR) is 144 cm³/mol. The molecule has 1 amide bonds. The van der Waals surface area contributed by atoms with Gasteiger partial charge in [-0.2, -0.15) is 13.2 Å². The van der Waals surface area contributed by atoms with Crippen LogP contribution in [0, 0.1) is 5.92 Å². The molecule has 10 heteroatoms. The Morgan fingerprint density at radius 1 is 1.15 bits per heavy atom. The third-order valence-corrected chi connectivity index (χ3v) is 8.77. The van der Waals surface area contributed by atoms with Crippen LogP contribution in [0.2, 0.25) is 0 Å². The van der Waals surface area contributed by atoms with Gasteiger partial charge in [-0.1, -0.05) is 12.1 Å². The van der Waals surface area contributed by atoms with Gasteiger partial charge in [0.25, 0.3) is 11.5 Å². The minimum absolute atomic E-state index is 0.0958. The molecule has 6 nitrogen and oxygen atoms in total. The molecule has 2 atom stereocenters. The van der Waals surface area contributed by atoms with Gasteiger partial charge in [0, 0.05) is 49.8 Å². The summed E-state index contributed by atoms with van der Waals surface area (Å²) in [4.78, 5) is 31.8. The van der Waals surface area contributed by atoms with Crippen molar-refractivity contribution in [3.63, 3.8) is 0 Å². The molecule has 3 aliphatic rings. The van der Waals surface area contributed by atoms with Crippen molar-refractivity contribution in [1.29, 1.82) is 0 Å². The monoisotopic (exact) mass is 552 g/mol. The third kappa shape index (κ3) is 7.58. The summed E-state index contributed by atoms with van der Waals surface area (Å²) >= 11 is 0. The second-order valence-corrected chi connectivity index (χ2v) is 11.6. The molecule has 1 aromatic rings. The number of likely N-dealkylation sites (tertiary alicyclic amines) is 1. The number of pyridine rings is 1. The van der Waals surface area contributed by atoms with Crippen molar-refractivity contribution in [3.05, 3.63) is 46.4 Å². The van der Waals surface area contributed by atoms with Crippen molar-refractivity contribution in [3.8, 4) is 0 Å². The Balaban J connectivity index is 1.25. The fourth-order valence-electron chi connectivity index (χ4n) is 6.17. The molecule has 1 aromatic heterocycles. The number of carbonyl (C=O) groups excluding carboxylic acids is 1. The smallest absolute Gasteiger partial charge is 0.348 e. The van der Waals surface area contributed by atoms with Crippen LogP contribution in [0.15, 0.2) is 40.1 Å². The van der Waals surface area contributed by atoms with Crippen LogP contribution in [0.3, 0.4) is 0 Å². The number of aliphatic imine (C=N–C) groups is 1. The summed E-state index contributed by atoms with van der Waals surface area (Å²) in [5.41, 5.74) is -1.09. The number of halogens is 4. The maximum absolute atomic E-state index is 15.7. The van der Waals surface area contributed by atoms with Crippen molar-refractivity contribution in [2.24, 2.45) is 10.9 Å². The number of allylic oxidation sites excluding steroid dienone is 1. The Hall–Kier alpha value is -2.49. The number of alkyl halides is 4. The molecule has 216 valence electrons. The fourth-order valence-corrected chi connectivity index (χ4v) is 6.17. The Bertz CT molecular complexity index is 1140. The number of hydrogen-bond acceptors (Lipinski definition) is 4. The summed E-state index contributed by atoms with van der Waals surface area (Å²) in [6, 6.07) is 4.51. The number of nitrogens with zero attached hydrogens (tertiary/aromatic N) is 3. The van der Waals surface area contributed by atoms with Crippen molar-refractivity contribution >= 4 is 11.6 Å². The lowest BCUT2D eigenvalue weighted by Gasteiger charge is -2.36. The van der Waals surface area contributed by atoms with Crippen molar-refractivity contribution in [2.75, 3.05) is 19.6 Å². The van der Waals surface area contributed by atoms with Crippen LogP contribution in [-0.2, 0) is 6.54 Å². The molecule has 0 spiro atoms. The van der Waals surface area contributed by atoms with Crippen molar-refractivity contribution in [2.45, 2.75) is 102 Å². The molecular formula is C29H40F4N4O2. The quantitative estimate of drug-likeness (QED) is 0.436. The summed E-state index contributed by atoms with van der Waals surface area (Å²) in [7, 11) is 0. The molecule has 2 fully saturated rings. The number of amides is 1. The van der Waals surface area contributed by atoms with Gasteiger partial charge < -0.3 is 14.8 Å². The molecule has 0 radical (unpaired) electrons. The number of nitrogens with one attached hydrogen (secondary N) is 1. The van der Waals surface area contributed by atoms with Crippen molar-refractivity contribution in [1.82, 2.24) is 14.8 Å². The highest BCUT2D eigenvalue weighted by Crippen LogP contribution is 2.38. The number of fused-ring (bicyclic) bond motifs is 1. The Kier molecular flexibility index (Phi) is 9.03. The average Bonchev–Trinajstić information content (AvgIpc) is 3.05. The molecule has 1 saturated heterocycles. The van der Waals surface area contributed by atoms with E-state index in [1.807, 2.05) is 19.9 Å². The van der Waals surface area contributed by atoms with E-state index in [2.05, 4.69) is 10.2 Å². The maximum Gasteiger partial charge on any atom is 0.389 e. The molecular weight excluding hydrogens is 512 g/mol. The zero-order valence-corrected chi connectivity index (χ0v) is 22.9. The van der Waals surface area contributed by atoms with Crippen LogP contribution in [0.1, 0.15) is 82.1 Å². The maximum atomic E-state index is 15.7. The van der Waals surface area contributed by atoms with Gasteiger partial charge in [-0.25, -0.2) is 4.39 Å². The van der Waals surface area contributed by atoms with Crippen LogP contribution in [0.4, 0.5) is 17.6 Å². The Labute approximate surface area is 227 Å². The Morgan fingerprint density at radius 3 is 2.59 bits per heavy atom. The number of carbonyl (C=O) groups is 1. The second-order valence-electron chi connectivity index (χ2n) is 11.6. The third-order valence-electron chi connectivity index (χ3n) is 8.77. The number of rotatable bonds is 8. The van der Waals surface area contributed by atoms with Crippen LogP contribution < -0.4 is 10.9 Å². The molecule has 4 rings (SSSR count). The van der Waals surface area contributed by atoms with Gasteiger partial charge in [0.15, 0.2) is 0 Å². The average molecular weight is 553 g/mol. The summed E-state index contributed by atoms with van der Waals surface area (Å²) < 4.78 is 55.2. The summed E-state index contributed by atoms with van der Waals surface area (Å²) in [5.74, 6) is -0.132. The highest BCUT2D eigenvalue weighted by atomic mass is 19.4. The van der Waals surface area contributed by atoms with Crippen molar-refractivity contribution < 1.29 is 22.4 Å². The van der Waals surface area contributed by atoms with E-state index in [1.54, 1.807) is 18.2 Å². The molecule has 1 aliphatic carbocycles. The number of aromatic nitrogens is 1. The van der Waals surface area contributed by atoms with E-state index in [0.717, 1.165) is 25.9 Å². The van der Waals surface area contributed by atoms with E-state index in [1.165, 1.54) is 10.6 Å². The highest BCUT2D eigenvalue weighted by molar-refractivity contribution is 5.96. The van der Waals surface area contributed by atoms with E-state index < -0.39 is 23.8 Å². The van der Waals surface area contributed by atoms with Gasteiger partial charge in [0.2, 0.25) is 0 Å². The molecule has 3 heterocycles. The lowest BCUT2D eigenvalue weighted by atomic mass is 9.79. The van der Waals surface area contributed by atoms with Crippen LogP contribution in [-0.4, -0.2) is 64.1 Å². The standard InChI is InChI=1S/C29H40F4N4O2/c1-3-37-24(5-4-6-25(37)38)26(39)34-22-9-13-28(30,14-10-22)17-20-36-18-12-21-7-8-23(11-15-29(31,32)33)35-27(21,2)16-19-36/h4-8,21-22H,3,9-20H2,1-2H3,(H,34,39). The zero-order valence-electron chi connectivity index (χ0n) is 22.9. The van der Waals surface area contributed by atoms with Gasteiger partial charge in [-0.15, -0.1) is 0 Å². The van der Waals surface area contributed by atoms with E-state index in [4.69, 9.17) is 4.99 Å². The normalized spacial score (nSPS) is 29.8. The largest absolute Gasteiger partial charge is 0.389 e. The van der Waals surface area contributed by atoms with Gasteiger partial charge in [-0.3, -0.25) is 14.6 Å². The Morgan fingerprint density at radius 2 is 1.90 bits per heavy atom. The van der Waals surface area contributed by atoms with Gasteiger partial charge in [-0.05, 0) is 83.9 Å². The topological polar surface area (TPSA) is 66.7 Å². The van der Waals surface area contributed by atoms with Gasteiger partial charge >= 0.3 is 6.18 Å². The van der Waals surface area contributed by atoms with E-state index in [-0.39, 0.29) is 29.8 Å². The molecule has 0 bridgehead atoms. The SMILES string of the molecule is CCn1c(C(=O)NC2CCC(F)(CCN3CCC4C=CC(CCC(F)(F)F)=NC4(C)CC3)CC2)cccc1=O. The minimum Gasteiger partial charge on any atom is -0.348 e. The summed E-state index contributed by atoms with van der Waals surface area (Å²) in [5, 5.41) is 2.99. The molecule has 1 saturated carbocycles. The molecule has 2 unspecified atom stereocenters. The second kappa shape index (κ2) is 11.9. The molecule has 2 aliphatic heterocycles. The first-order valence-electron chi connectivity index (χ1n) is 14.2. The molecule has 39 heavy (non-hydrogen) atoms. The minimum atomic E-state index is -4.19. The van der Waals surface area contributed by atoms with E-state index >= 15 is 4.39 Å². The van der Waals surface area contributed by atoms with E-state index in [0.29, 0.717) is 56.6 Å². The lowest BCUT2D eigenvalue weighted by Crippen LogP contribution is -2.44. The highest BCUT2D eigenvalue weighted by Gasteiger charge is 2.40. The number of dihydropyridines is 1. The van der Waals surface area contributed by atoms with Gasteiger partial charge in [0.1, 0.15) is 11.4 Å². The van der Waals surface area contributed by atoms with Crippen LogP contribution in [0.5, 0.6) is 0 Å². The summed E-state index contributed by atoms with van der Waals surface area (Å²) in [6.45, 7) is 6.41. The van der Waals surface area contributed by atoms with Crippen LogP contribution >= 0.6 is 0 Å². The molecule has 1 N–H and O–H groups in total. The first kappa shape index (κ1) is 29.5. The zero-order chi connectivity index (χ0) is 28.3. The lowest BCUT2D eigenvalue weighted by molar-refractivity contribution is -0.132. The van der Waals surface area contributed by atoms with E-state index in [9.17, 15) is 22.8 Å². The first-order valence-corrected chi connectivity index (χ1v) is 14.2. The number of hydrogen-bond donors (Lipinski definition) is 1. The predicted octanol–water partition coefficient (Wildman–Crippen LogP) is 5.46. The van der Waals surface area contributed by atoms with Gasteiger partial charge in [0.05, 0.1) is 5.54 Å². The first-order chi connectivity index (χ1) is 18.4.